The van der Waals surface area contributed by atoms with Crippen LogP contribution >= 0.6 is 0 Å². The minimum atomic E-state index is 0.843. The summed E-state index contributed by atoms with van der Waals surface area (Å²) in [5.41, 5.74) is 6.27. The molecule has 2 aromatic carbocycles. The van der Waals surface area contributed by atoms with Crippen molar-refractivity contribution >= 4 is 16.6 Å². The summed E-state index contributed by atoms with van der Waals surface area (Å²) in [7, 11) is 1.68. The second kappa shape index (κ2) is 5.77. The monoisotopic (exact) mass is 339 g/mol. The highest BCUT2D eigenvalue weighted by atomic mass is 16.5. The summed E-state index contributed by atoms with van der Waals surface area (Å²) in [6.45, 7) is 0. The number of para-hydroxylation sites is 1. The predicted molar refractivity (Wildman–Crippen MR) is 104 cm³/mol. The van der Waals surface area contributed by atoms with Gasteiger partial charge < -0.3 is 9.72 Å². The van der Waals surface area contributed by atoms with Crippen LogP contribution in [0.3, 0.4) is 0 Å². The van der Waals surface area contributed by atoms with Crippen LogP contribution in [0.2, 0.25) is 0 Å². The van der Waals surface area contributed by atoms with Gasteiger partial charge in [-0.3, -0.25) is 4.40 Å². The first-order chi connectivity index (χ1) is 12.8. The third kappa shape index (κ3) is 2.19. The van der Waals surface area contributed by atoms with E-state index in [0.717, 1.165) is 39.4 Å². The van der Waals surface area contributed by atoms with Crippen LogP contribution in [0.4, 0.5) is 0 Å². The fourth-order valence-corrected chi connectivity index (χ4v) is 3.49. The lowest BCUT2D eigenvalue weighted by Crippen LogP contribution is -1.90. The first-order valence-electron chi connectivity index (χ1n) is 8.53. The molecule has 26 heavy (non-hydrogen) atoms. The Kier molecular flexibility index (Phi) is 3.28. The van der Waals surface area contributed by atoms with E-state index in [1.165, 1.54) is 5.39 Å². The molecule has 5 rings (SSSR count). The molecular formula is C22H17N3O. The number of methoxy groups -OCH3 is 1. The summed E-state index contributed by atoms with van der Waals surface area (Å²) in [6, 6.07) is 22.6. The lowest BCUT2D eigenvalue weighted by atomic mass is 10.0. The predicted octanol–water partition coefficient (Wildman–Crippen LogP) is 5.16. The first-order valence-corrected chi connectivity index (χ1v) is 8.53. The van der Waals surface area contributed by atoms with E-state index in [2.05, 4.69) is 52.0 Å². The molecule has 1 N–H and O–H groups in total. The molecule has 126 valence electrons. The minimum absolute atomic E-state index is 0.843. The van der Waals surface area contributed by atoms with Crippen LogP contribution in [0.1, 0.15) is 0 Å². The summed E-state index contributed by atoms with van der Waals surface area (Å²) in [6.07, 6.45) is 4.03. The average molecular weight is 339 g/mol. The van der Waals surface area contributed by atoms with Crippen LogP contribution in [0.15, 0.2) is 79.1 Å². The fourth-order valence-electron chi connectivity index (χ4n) is 3.49. The average Bonchev–Trinajstić information content (AvgIpc) is 3.32. The molecule has 3 aromatic heterocycles. The van der Waals surface area contributed by atoms with Gasteiger partial charge in [0.15, 0.2) is 0 Å². The Hall–Kier alpha value is -3.53. The molecule has 0 bridgehead atoms. The second-order valence-electron chi connectivity index (χ2n) is 6.21. The van der Waals surface area contributed by atoms with Gasteiger partial charge in [-0.2, -0.15) is 0 Å². The third-order valence-electron chi connectivity index (χ3n) is 4.74. The first kappa shape index (κ1) is 14.8. The zero-order valence-electron chi connectivity index (χ0n) is 14.3. The molecule has 4 nitrogen and oxygen atoms in total. The maximum atomic E-state index is 5.31. The highest BCUT2D eigenvalue weighted by Crippen LogP contribution is 2.36. The van der Waals surface area contributed by atoms with E-state index in [1.807, 2.05) is 36.5 Å². The van der Waals surface area contributed by atoms with Crippen LogP contribution in [0, 0.1) is 0 Å². The number of aromatic amines is 1. The number of H-pyrrole nitrogens is 1. The van der Waals surface area contributed by atoms with Crippen LogP contribution in [0.5, 0.6) is 5.75 Å². The van der Waals surface area contributed by atoms with Crippen molar-refractivity contribution in [2.45, 2.75) is 0 Å². The molecule has 5 aromatic rings. The summed E-state index contributed by atoms with van der Waals surface area (Å²) in [4.78, 5) is 8.30. The Morgan fingerprint density at radius 2 is 1.81 bits per heavy atom. The SMILES string of the molecule is COc1ccc(-c2c(-c3cccc4cc[nH]c34)nc3ccccn23)cc1. The zero-order chi connectivity index (χ0) is 17.5. The van der Waals surface area contributed by atoms with E-state index in [9.17, 15) is 0 Å². The van der Waals surface area contributed by atoms with Crippen molar-refractivity contribution in [3.05, 3.63) is 79.1 Å². The molecular weight excluding hydrogens is 322 g/mol. The number of ether oxygens (including phenoxy) is 1. The molecule has 0 aliphatic carbocycles. The molecule has 0 amide bonds. The largest absolute Gasteiger partial charge is 0.497 e. The third-order valence-corrected chi connectivity index (χ3v) is 4.74. The Morgan fingerprint density at radius 3 is 2.65 bits per heavy atom. The topological polar surface area (TPSA) is 42.3 Å². The van der Waals surface area contributed by atoms with Crippen LogP contribution < -0.4 is 4.74 Å². The van der Waals surface area contributed by atoms with Crippen molar-refractivity contribution in [2.24, 2.45) is 0 Å². The maximum absolute atomic E-state index is 5.31. The van der Waals surface area contributed by atoms with E-state index in [4.69, 9.17) is 9.72 Å². The van der Waals surface area contributed by atoms with Crippen molar-refractivity contribution in [3.8, 4) is 28.3 Å². The molecule has 0 atom stereocenters. The summed E-state index contributed by atoms with van der Waals surface area (Å²) >= 11 is 0. The number of nitrogens with zero attached hydrogens (tertiary/aromatic N) is 2. The molecule has 0 fully saturated rings. The summed E-state index contributed by atoms with van der Waals surface area (Å²) in [5.74, 6) is 0.843. The van der Waals surface area contributed by atoms with Crippen molar-refractivity contribution in [1.82, 2.24) is 14.4 Å². The van der Waals surface area contributed by atoms with Gasteiger partial charge in [0, 0.05) is 28.9 Å². The lowest BCUT2D eigenvalue weighted by molar-refractivity contribution is 0.415. The standard InChI is InChI=1S/C22H17N3O/c1-26-17-10-8-16(9-11-17)22-21(24-19-7-2-3-14-25(19)22)18-6-4-5-15-12-13-23-20(15)18/h2-14,23H,1H3. The van der Waals surface area contributed by atoms with Crippen LogP contribution in [0.25, 0.3) is 39.1 Å². The van der Waals surface area contributed by atoms with Crippen LogP contribution in [-0.2, 0) is 0 Å². The van der Waals surface area contributed by atoms with Crippen molar-refractivity contribution in [1.29, 1.82) is 0 Å². The van der Waals surface area contributed by atoms with Crippen LogP contribution in [-0.4, -0.2) is 21.5 Å². The van der Waals surface area contributed by atoms with Crippen molar-refractivity contribution in [3.63, 3.8) is 0 Å². The molecule has 3 heterocycles. The molecule has 0 radical (unpaired) electrons. The van der Waals surface area contributed by atoms with E-state index >= 15 is 0 Å². The number of nitrogens with one attached hydrogen (secondary N) is 1. The van der Waals surface area contributed by atoms with Gasteiger partial charge in [0.05, 0.1) is 24.0 Å². The number of rotatable bonds is 3. The molecule has 0 saturated heterocycles. The van der Waals surface area contributed by atoms with E-state index in [-0.39, 0.29) is 0 Å². The number of benzene rings is 2. The number of hydrogen-bond acceptors (Lipinski definition) is 2. The van der Waals surface area contributed by atoms with Gasteiger partial charge in [0.25, 0.3) is 0 Å². The van der Waals surface area contributed by atoms with Crippen molar-refractivity contribution in [2.75, 3.05) is 7.11 Å². The summed E-state index contributed by atoms with van der Waals surface area (Å²) in [5, 5.41) is 1.18. The van der Waals surface area contributed by atoms with Gasteiger partial charge in [-0.05, 0) is 42.5 Å². The molecule has 0 saturated carbocycles. The van der Waals surface area contributed by atoms with Gasteiger partial charge in [0.1, 0.15) is 11.4 Å². The van der Waals surface area contributed by atoms with Gasteiger partial charge in [0.2, 0.25) is 0 Å². The lowest BCUT2D eigenvalue weighted by Gasteiger charge is -2.08. The van der Waals surface area contributed by atoms with Gasteiger partial charge in [-0.25, -0.2) is 4.98 Å². The molecule has 4 heteroatoms. The second-order valence-corrected chi connectivity index (χ2v) is 6.21. The van der Waals surface area contributed by atoms with Gasteiger partial charge in [-0.15, -0.1) is 0 Å². The Labute approximate surface area is 150 Å². The van der Waals surface area contributed by atoms with Crippen molar-refractivity contribution < 1.29 is 4.74 Å². The Balaban J connectivity index is 1.84. The Morgan fingerprint density at radius 1 is 0.923 bits per heavy atom. The molecule has 0 unspecified atom stereocenters. The minimum Gasteiger partial charge on any atom is -0.497 e. The van der Waals surface area contributed by atoms with E-state index in [1.54, 1.807) is 7.11 Å². The number of fused-ring (bicyclic) bond motifs is 2. The normalized spacial score (nSPS) is 11.3. The molecule has 0 spiro atoms. The van der Waals surface area contributed by atoms with Gasteiger partial charge in [-0.1, -0.05) is 24.3 Å². The Bertz CT molecular complexity index is 1220. The highest BCUT2D eigenvalue weighted by Gasteiger charge is 2.18. The van der Waals surface area contributed by atoms with Gasteiger partial charge >= 0.3 is 0 Å². The summed E-state index contributed by atoms with van der Waals surface area (Å²) < 4.78 is 7.45. The smallest absolute Gasteiger partial charge is 0.137 e. The number of hydrogen-bond donors (Lipinski definition) is 1. The molecule has 0 aliphatic rings. The number of imidazole rings is 1. The molecule has 0 aliphatic heterocycles. The van der Waals surface area contributed by atoms with E-state index in [0.29, 0.717) is 0 Å². The zero-order valence-corrected chi connectivity index (χ0v) is 14.3. The number of aromatic nitrogens is 3. The number of pyridine rings is 1. The maximum Gasteiger partial charge on any atom is 0.137 e. The van der Waals surface area contributed by atoms with E-state index < -0.39 is 0 Å². The fraction of sp³-hybridized carbons (Fsp3) is 0.0455. The quantitative estimate of drug-likeness (QED) is 0.493. The highest BCUT2D eigenvalue weighted by molar-refractivity contribution is 5.97.